The Hall–Kier alpha value is -0.115. The molecular formula is C5H9BF2O. The van der Waals surface area contributed by atoms with E-state index in [1.165, 1.54) is 0 Å². The third-order valence-electron chi connectivity index (χ3n) is 1.80. The van der Waals surface area contributed by atoms with E-state index in [1.54, 1.807) is 6.82 Å². The first kappa shape index (κ1) is 7.00. The molecule has 1 aliphatic rings. The summed E-state index contributed by atoms with van der Waals surface area (Å²) in [5, 5.41) is 8.77. The minimum atomic E-state index is -2.48. The topological polar surface area (TPSA) is 20.2 Å². The first-order valence-corrected chi connectivity index (χ1v) is 3.07. The van der Waals surface area contributed by atoms with Gasteiger partial charge in [0, 0.05) is 12.8 Å². The van der Waals surface area contributed by atoms with Gasteiger partial charge in [-0.05, 0) is 5.82 Å². The Balaban J connectivity index is 2.27. The van der Waals surface area contributed by atoms with Crippen molar-refractivity contribution in [2.24, 2.45) is 0 Å². The van der Waals surface area contributed by atoms with Gasteiger partial charge in [0.05, 0.1) is 0 Å². The van der Waals surface area contributed by atoms with E-state index in [-0.39, 0.29) is 18.7 Å². The van der Waals surface area contributed by atoms with E-state index in [9.17, 15) is 8.78 Å². The minimum Gasteiger partial charge on any atom is -0.450 e. The zero-order chi connectivity index (χ0) is 7.07. The van der Waals surface area contributed by atoms with Crippen molar-refractivity contribution in [2.45, 2.75) is 31.4 Å². The summed E-state index contributed by atoms with van der Waals surface area (Å²) in [5.74, 6) is -2.65. The maximum atomic E-state index is 12.0. The second-order valence-corrected chi connectivity index (χ2v) is 2.76. The van der Waals surface area contributed by atoms with E-state index in [2.05, 4.69) is 0 Å². The van der Waals surface area contributed by atoms with Crippen LogP contribution in [0.3, 0.4) is 0 Å². The smallest absolute Gasteiger partial charge is 0.289 e. The number of hydrogen-bond donors (Lipinski definition) is 1. The molecule has 4 heteroatoms. The van der Waals surface area contributed by atoms with Crippen molar-refractivity contribution in [3.05, 3.63) is 0 Å². The largest absolute Gasteiger partial charge is 0.450 e. The van der Waals surface area contributed by atoms with Crippen LogP contribution in [0.25, 0.3) is 0 Å². The number of alkyl halides is 2. The van der Waals surface area contributed by atoms with Crippen LogP contribution in [-0.2, 0) is 0 Å². The van der Waals surface area contributed by atoms with Gasteiger partial charge in [-0.1, -0.05) is 6.82 Å². The zero-order valence-corrected chi connectivity index (χ0v) is 5.27. The fraction of sp³-hybridized carbons (Fsp3) is 1.00. The van der Waals surface area contributed by atoms with Crippen LogP contribution in [0.2, 0.25) is 12.6 Å². The van der Waals surface area contributed by atoms with E-state index >= 15 is 0 Å². The Kier molecular flexibility index (Phi) is 1.51. The first-order chi connectivity index (χ1) is 4.01. The van der Waals surface area contributed by atoms with Gasteiger partial charge < -0.3 is 5.02 Å². The highest BCUT2D eigenvalue weighted by Gasteiger charge is 2.48. The first-order valence-electron chi connectivity index (χ1n) is 3.07. The number of rotatable bonds is 1. The maximum Gasteiger partial charge on any atom is 0.289 e. The molecule has 0 aromatic carbocycles. The predicted octanol–water partition coefficient (Wildman–Crippen LogP) is 1.40. The lowest BCUT2D eigenvalue weighted by Crippen LogP contribution is -2.38. The molecule has 0 aromatic heterocycles. The molecule has 0 unspecified atom stereocenters. The van der Waals surface area contributed by atoms with E-state index < -0.39 is 12.8 Å². The third kappa shape index (κ3) is 1.42. The molecule has 1 nitrogen and oxygen atoms in total. The molecule has 1 N–H and O–H groups in total. The lowest BCUT2D eigenvalue weighted by molar-refractivity contribution is -0.0740. The van der Waals surface area contributed by atoms with Crippen molar-refractivity contribution in [1.82, 2.24) is 0 Å². The van der Waals surface area contributed by atoms with Gasteiger partial charge in [0.2, 0.25) is 5.92 Å². The second kappa shape index (κ2) is 1.94. The molecule has 0 aliphatic heterocycles. The molecule has 0 bridgehead atoms. The molecule has 0 radical (unpaired) electrons. The van der Waals surface area contributed by atoms with Gasteiger partial charge in [0.15, 0.2) is 0 Å². The van der Waals surface area contributed by atoms with Gasteiger partial charge in [0.25, 0.3) is 6.92 Å². The summed E-state index contributed by atoms with van der Waals surface area (Å²) in [4.78, 5) is 0. The van der Waals surface area contributed by atoms with Gasteiger partial charge in [0.1, 0.15) is 0 Å². The standard InChI is InChI=1S/C5H9BF2O/c1-6(9)4-2-5(7,8)3-4/h4,9H,2-3H2,1H3. The Morgan fingerprint density at radius 2 is 2.00 bits per heavy atom. The molecule has 52 valence electrons. The van der Waals surface area contributed by atoms with Gasteiger partial charge in [-0.25, -0.2) is 8.78 Å². The van der Waals surface area contributed by atoms with Crippen LogP contribution in [0.5, 0.6) is 0 Å². The normalized spacial score (nSPS) is 25.3. The lowest BCUT2D eigenvalue weighted by atomic mass is 9.50. The summed E-state index contributed by atoms with van der Waals surface area (Å²) < 4.78 is 24.1. The average molecular weight is 134 g/mol. The molecule has 0 aromatic rings. The molecule has 0 amide bonds. The van der Waals surface area contributed by atoms with Crippen molar-refractivity contribution >= 4 is 6.92 Å². The Morgan fingerprint density at radius 1 is 1.56 bits per heavy atom. The van der Waals surface area contributed by atoms with Crippen molar-refractivity contribution in [2.75, 3.05) is 0 Å². The monoisotopic (exact) mass is 134 g/mol. The predicted molar refractivity (Wildman–Crippen MR) is 31.8 cm³/mol. The van der Waals surface area contributed by atoms with E-state index in [4.69, 9.17) is 5.02 Å². The van der Waals surface area contributed by atoms with E-state index in [1.807, 2.05) is 0 Å². The quantitative estimate of drug-likeness (QED) is 0.537. The summed E-state index contributed by atoms with van der Waals surface area (Å²) >= 11 is 0. The van der Waals surface area contributed by atoms with Gasteiger partial charge in [-0.15, -0.1) is 0 Å². The fourth-order valence-corrected chi connectivity index (χ4v) is 1.05. The number of halogens is 2. The second-order valence-electron chi connectivity index (χ2n) is 2.76. The molecule has 9 heavy (non-hydrogen) atoms. The molecule has 1 fully saturated rings. The molecule has 0 atom stereocenters. The van der Waals surface area contributed by atoms with Gasteiger partial charge >= 0.3 is 0 Å². The minimum absolute atomic E-state index is 0.134. The van der Waals surface area contributed by atoms with Crippen LogP contribution in [0.4, 0.5) is 8.78 Å². The molecule has 0 heterocycles. The van der Waals surface area contributed by atoms with Crippen LogP contribution in [0.15, 0.2) is 0 Å². The number of hydrogen-bond acceptors (Lipinski definition) is 1. The van der Waals surface area contributed by atoms with Crippen molar-refractivity contribution < 1.29 is 13.8 Å². The molecular weight excluding hydrogens is 125 g/mol. The van der Waals surface area contributed by atoms with E-state index in [0.29, 0.717) is 0 Å². The summed E-state index contributed by atoms with van der Waals surface area (Å²) in [6, 6.07) is 0. The molecule has 0 saturated heterocycles. The SMILES string of the molecule is CB(O)C1CC(F)(F)C1. The lowest BCUT2D eigenvalue weighted by Gasteiger charge is -2.35. The summed E-state index contributed by atoms with van der Waals surface area (Å²) in [6.45, 7) is 0.990. The molecule has 1 aliphatic carbocycles. The average Bonchev–Trinajstić information content (AvgIpc) is 1.59. The van der Waals surface area contributed by atoms with Crippen molar-refractivity contribution in [3.63, 3.8) is 0 Å². The van der Waals surface area contributed by atoms with Crippen molar-refractivity contribution in [3.8, 4) is 0 Å². The molecule has 0 spiro atoms. The van der Waals surface area contributed by atoms with Gasteiger partial charge in [-0.3, -0.25) is 0 Å². The highest BCUT2D eigenvalue weighted by Crippen LogP contribution is 2.47. The van der Waals surface area contributed by atoms with Crippen LogP contribution < -0.4 is 0 Å². The summed E-state index contributed by atoms with van der Waals surface area (Å²) in [7, 11) is 0. The fourth-order valence-electron chi connectivity index (χ4n) is 1.05. The van der Waals surface area contributed by atoms with Crippen LogP contribution >= 0.6 is 0 Å². The third-order valence-corrected chi connectivity index (χ3v) is 1.80. The Labute approximate surface area is 53.2 Å². The van der Waals surface area contributed by atoms with E-state index in [0.717, 1.165) is 0 Å². The highest BCUT2D eigenvalue weighted by molar-refractivity contribution is 6.50. The Morgan fingerprint density at radius 3 is 2.11 bits per heavy atom. The van der Waals surface area contributed by atoms with Crippen LogP contribution in [0.1, 0.15) is 12.8 Å². The summed E-state index contributed by atoms with van der Waals surface area (Å²) in [6.07, 6.45) is -0.269. The maximum absolute atomic E-state index is 12.0. The van der Waals surface area contributed by atoms with Crippen LogP contribution in [0, 0.1) is 0 Å². The highest BCUT2D eigenvalue weighted by atomic mass is 19.3. The molecule has 1 saturated carbocycles. The zero-order valence-electron chi connectivity index (χ0n) is 5.27. The Bertz CT molecular complexity index is 108. The van der Waals surface area contributed by atoms with Crippen molar-refractivity contribution in [1.29, 1.82) is 0 Å². The summed E-state index contributed by atoms with van der Waals surface area (Å²) in [5.41, 5.74) is 0. The molecule has 1 rings (SSSR count). The van der Waals surface area contributed by atoms with Crippen LogP contribution in [-0.4, -0.2) is 17.9 Å². The van der Waals surface area contributed by atoms with Gasteiger partial charge in [-0.2, -0.15) is 0 Å².